The lowest BCUT2D eigenvalue weighted by Crippen LogP contribution is -2.39. The smallest absolute Gasteiger partial charge is 0.216 e. The molecule has 0 amide bonds. The maximum atomic E-state index is 11.9. The molecule has 2 N–H and O–H groups in total. The molecule has 0 aliphatic carbocycles. The van der Waals surface area contributed by atoms with E-state index >= 15 is 0 Å². The predicted molar refractivity (Wildman–Crippen MR) is 99.5 cm³/mol. The van der Waals surface area contributed by atoms with E-state index in [0.29, 0.717) is 12.5 Å². The summed E-state index contributed by atoms with van der Waals surface area (Å²) < 4.78 is 25.7. The highest BCUT2D eigenvalue weighted by Gasteiger charge is 2.27. The molecule has 1 aromatic carbocycles. The molecule has 0 unspecified atom stereocenters. The Kier molecular flexibility index (Phi) is 7.55. The zero-order chi connectivity index (χ0) is 17.5. The van der Waals surface area contributed by atoms with Crippen LogP contribution < -0.4 is 10.0 Å². The van der Waals surface area contributed by atoms with Gasteiger partial charge in [0.25, 0.3) is 0 Å². The number of hydrogen-bond acceptors (Lipinski definition) is 3. The quantitative estimate of drug-likeness (QED) is 0.665. The molecule has 0 bridgehead atoms. The molecule has 0 fully saturated rings. The summed E-state index contributed by atoms with van der Waals surface area (Å²) in [4.78, 5) is 0. The van der Waals surface area contributed by atoms with E-state index in [2.05, 4.69) is 48.2 Å². The topological polar surface area (TPSA) is 58.2 Å². The van der Waals surface area contributed by atoms with Crippen molar-refractivity contribution in [3.63, 3.8) is 0 Å². The van der Waals surface area contributed by atoms with Crippen molar-refractivity contribution in [3.8, 4) is 0 Å². The van der Waals surface area contributed by atoms with Crippen LogP contribution >= 0.6 is 0 Å². The number of nitrogens with one attached hydrogen (secondary N) is 2. The predicted octanol–water partition coefficient (Wildman–Crippen LogP) is 4.11. The summed E-state index contributed by atoms with van der Waals surface area (Å²) in [7, 11) is -3.21. The molecule has 132 valence electrons. The summed E-state index contributed by atoms with van der Waals surface area (Å²) in [6.07, 6.45) is 2.90. The number of sulfonamides is 1. The molecule has 0 radical (unpaired) electrons. The number of hydrogen-bond donors (Lipinski definition) is 2. The molecule has 23 heavy (non-hydrogen) atoms. The van der Waals surface area contributed by atoms with E-state index < -0.39 is 14.8 Å². The van der Waals surface area contributed by atoms with Crippen LogP contribution in [0.15, 0.2) is 24.3 Å². The monoisotopic (exact) mass is 340 g/mol. The first-order valence-corrected chi connectivity index (χ1v) is 9.95. The summed E-state index contributed by atoms with van der Waals surface area (Å²) >= 11 is 0. The van der Waals surface area contributed by atoms with Gasteiger partial charge in [-0.3, -0.25) is 0 Å². The van der Waals surface area contributed by atoms with Crippen molar-refractivity contribution in [2.45, 2.75) is 64.5 Å². The van der Waals surface area contributed by atoms with Crippen LogP contribution in [0.5, 0.6) is 0 Å². The molecule has 1 aromatic rings. The highest BCUT2D eigenvalue weighted by Crippen LogP contribution is 2.17. The van der Waals surface area contributed by atoms with E-state index in [1.807, 2.05) is 0 Å². The zero-order valence-electron chi connectivity index (χ0n) is 15.1. The molecule has 0 aliphatic heterocycles. The van der Waals surface area contributed by atoms with Crippen LogP contribution in [0.1, 0.15) is 65.4 Å². The van der Waals surface area contributed by atoms with Crippen molar-refractivity contribution in [2.24, 2.45) is 0 Å². The standard InChI is InChI=1S/C18H32N2O2S/c1-15(2)16-9-11-17(12-10-16)19-13-7-6-8-14-20-23(21,22)18(3,4)5/h9-12,15,19-20H,6-8,13-14H2,1-5H3. The van der Waals surface area contributed by atoms with E-state index in [1.165, 1.54) is 5.56 Å². The van der Waals surface area contributed by atoms with Gasteiger partial charge in [0.2, 0.25) is 10.0 Å². The Morgan fingerprint density at radius 1 is 0.957 bits per heavy atom. The Bertz CT molecular complexity index is 558. The number of rotatable bonds is 9. The molecule has 0 spiro atoms. The number of unbranched alkanes of at least 4 members (excludes halogenated alkanes) is 2. The molecule has 0 aliphatic rings. The minimum Gasteiger partial charge on any atom is -0.385 e. The van der Waals surface area contributed by atoms with Crippen LogP contribution in [-0.4, -0.2) is 26.3 Å². The van der Waals surface area contributed by atoms with Gasteiger partial charge in [0, 0.05) is 18.8 Å². The highest BCUT2D eigenvalue weighted by atomic mass is 32.2. The van der Waals surface area contributed by atoms with Gasteiger partial charge >= 0.3 is 0 Å². The van der Waals surface area contributed by atoms with Gasteiger partial charge in [-0.1, -0.05) is 32.4 Å². The Morgan fingerprint density at radius 2 is 1.52 bits per heavy atom. The third kappa shape index (κ3) is 6.92. The first-order valence-electron chi connectivity index (χ1n) is 8.46. The van der Waals surface area contributed by atoms with Gasteiger partial charge in [-0.25, -0.2) is 13.1 Å². The summed E-state index contributed by atoms with van der Waals surface area (Å²) in [5, 5.41) is 3.40. The molecule has 0 atom stereocenters. The Balaban J connectivity index is 2.17. The highest BCUT2D eigenvalue weighted by molar-refractivity contribution is 7.90. The lowest BCUT2D eigenvalue weighted by molar-refractivity contribution is 0.540. The molecular weight excluding hydrogens is 308 g/mol. The van der Waals surface area contributed by atoms with Gasteiger partial charge < -0.3 is 5.32 Å². The van der Waals surface area contributed by atoms with Crippen molar-refractivity contribution >= 4 is 15.7 Å². The van der Waals surface area contributed by atoms with Crippen LogP contribution in [0.3, 0.4) is 0 Å². The lowest BCUT2D eigenvalue weighted by Gasteiger charge is -2.19. The van der Waals surface area contributed by atoms with E-state index in [4.69, 9.17) is 0 Å². The van der Waals surface area contributed by atoms with Gasteiger partial charge in [-0.2, -0.15) is 0 Å². The lowest BCUT2D eigenvalue weighted by atomic mass is 10.0. The summed E-state index contributed by atoms with van der Waals surface area (Å²) in [5.41, 5.74) is 2.49. The fourth-order valence-electron chi connectivity index (χ4n) is 2.07. The molecular formula is C18H32N2O2S. The summed E-state index contributed by atoms with van der Waals surface area (Å²) in [5.74, 6) is 0.556. The fourth-order valence-corrected chi connectivity index (χ4v) is 2.91. The molecule has 5 heteroatoms. The first kappa shape index (κ1) is 20.0. The number of benzene rings is 1. The Morgan fingerprint density at radius 3 is 2.04 bits per heavy atom. The van der Waals surface area contributed by atoms with Gasteiger partial charge in [-0.15, -0.1) is 0 Å². The van der Waals surface area contributed by atoms with Crippen LogP contribution in [0.2, 0.25) is 0 Å². The molecule has 0 saturated carbocycles. The molecule has 0 heterocycles. The van der Waals surface area contributed by atoms with E-state index in [9.17, 15) is 8.42 Å². The van der Waals surface area contributed by atoms with Gasteiger partial charge in [0.15, 0.2) is 0 Å². The van der Waals surface area contributed by atoms with Crippen molar-refractivity contribution in [2.75, 3.05) is 18.4 Å². The molecule has 4 nitrogen and oxygen atoms in total. The van der Waals surface area contributed by atoms with Crippen molar-refractivity contribution in [1.82, 2.24) is 4.72 Å². The average molecular weight is 341 g/mol. The summed E-state index contributed by atoms with van der Waals surface area (Å²) in [6.45, 7) is 10.9. The number of anilines is 1. The van der Waals surface area contributed by atoms with E-state index in [1.54, 1.807) is 20.8 Å². The SMILES string of the molecule is CC(C)c1ccc(NCCCCCNS(=O)(=O)C(C)(C)C)cc1. The summed E-state index contributed by atoms with van der Waals surface area (Å²) in [6, 6.07) is 8.56. The Hall–Kier alpha value is -1.07. The second kappa shape index (κ2) is 8.69. The largest absolute Gasteiger partial charge is 0.385 e. The van der Waals surface area contributed by atoms with E-state index in [0.717, 1.165) is 31.5 Å². The second-order valence-electron chi connectivity index (χ2n) is 7.27. The third-order valence-electron chi connectivity index (χ3n) is 3.86. The van der Waals surface area contributed by atoms with Crippen LogP contribution in [0.25, 0.3) is 0 Å². The fraction of sp³-hybridized carbons (Fsp3) is 0.667. The second-order valence-corrected chi connectivity index (χ2v) is 9.79. The van der Waals surface area contributed by atoms with Crippen molar-refractivity contribution in [3.05, 3.63) is 29.8 Å². The maximum Gasteiger partial charge on any atom is 0.216 e. The van der Waals surface area contributed by atoms with Crippen molar-refractivity contribution < 1.29 is 8.42 Å². The first-order chi connectivity index (χ1) is 10.6. The van der Waals surface area contributed by atoms with Gasteiger partial charge in [-0.05, 0) is 57.2 Å². The van der Waals surface area contributed by atoms with Crippen molar-refractivity contribution in [1.29, 1.82) is 0 Å². The van der Waals surface area contributed by atoms with E-state index in [-0.39, 0.29) is 0 Å². The van der Waals surface area contributed by atoms with Crippen LogP contribution in [0, 0.1) is 0 Å². The minimum absolute atomic E-state index is 0.517. The molecule has 1 rings (SSSR count). The van der Waals surface area contributed by atoms with Crippen LogP contribution in [-0.2, 0) is 10.0 Å². The zero-order valence-corrected chi connectivity index (χ0v) is 16.0. The minimum atomic E-state index is -3.21. The van der Waals surface area contributed by atoms with Gasteiger partial charge in [0.1, 0.15) is 0 Å². The van der Waals surface area contributed by atoms with Crippen LogP contribution in [0.4, 0.5) is 5.69 Å². The normalized spacial score (nSPS) is 12.6. The maximum absolute atomic E-state index is 11.9. The average Bonchev–Trinajstić information content (AvgIpc) is 2.45. The third-order valence-corrected chi connectivity index (χ3v) is 6.05. The molecule has 0 aromatic heterocycles. The molecule has 0 saturated heterocycles. The Labute approximate surface area is 142 Å². The van der Waals surface area contributed by atoms with Gasteiger partial charge in [0.05, 0.1) is 4.75 Å².